The Labute approximate surface area is 99.8 Å². The molecule has 0 aromatic rings. The Morgan fingerprint density at radius 2 is 2.24 bits per heavy atom. The van der Waals surface area contributed by atoms with Crippen molar-refractivity contribution < 1.29 is 23.1 Å². The molecule has 0 aromatic heterocycles. The highest BCUT2D eigenvalue weighted by molar-refractivity contribution is 7.89. The van der Waals surface area contributed by atoms with E-state index >= 15 is 0 Å². The van der Waals surface area contributed by atoms with Crippen LogP contribution in [-0.4, -0.2) is 54.6 Å². The van der Waals surface area contributed by atoms with E-state index in [1.54, 1.807) is 6.92 Å². The van der Waals surface area contributed by atoms with Crippen molar-refractivity contribution in [2.24, 2.45) is 0 Å². The number of sulfonamides is 1. The fraction of sp³-hybridized carbons (Fsp3) is 0.778. The van der Waals surface area contributed by atoms with E-state index in [9.17, 15) is 18.0 Å². The molecule has 0 spiro atoms. The Morgan fingerprint density at radius 1 is 1.59 bits per heavy atom. The summed E-state index contributed by atoms with van der Waals surface area (Å²) < 4.78 is 24.9. The fourth-order valence-corrected chi connectivity index (χ4v) is 3.42. The van der Waals surface area contributed by atoms with Gasteiger partial charge in [0.1, 0.15) is 6.04 Å². The second-order valence-corrected chi connectivity index (χ2v) is 5.83. The fourth-order valence-electron chi connectivity index (χ4n) is 1.75. The molecule has 2 N–H and O–H groups in total. The second kappa shape index (κ2) is 5.46. The lowest BCUT2D eigenvalue weighted by molar-refractivity contribution is -0.136. The highest BCUT2D eigenvalue weighted by atomic mass is 32.2. The number of amides is 1. The molecule has 98 valence electrons. The van der Waals surface area contributed by atoms with Crippen LogP contribution in [0.25, 0.3) is 0 Å². The topological polar surface area (TPSA) is 104 Å². The molecule has 7 nitrogen and oxygen atoms in total. The van der Waals surface area contributed by atoms with Gasteiger partial charge in [-0.2, -0.15) is 4.31 Å². The van der Waals surface area contributed by atoms with E-state index in [-0.39, 0.29) is 19.0 Å². The summed E-state index contributed by atoms with van der Waals surface area (Å²) in [5, 5.41) is 11.1. The first-order valence-corrected chi connectivity index (χ1v) is 6.98. The molecule has 1 aliphatic heterocycles. The molecule has 8 heteroatoms. The predicted octanol–water partition coefficient (Wildman–Crippen LogP) is -0.999. The normalized spacial score (nSPS) is 22.2. The molecule has 1 saturated heterocycles. The van der Waals surface area contributed by atoms with Crippen LogP contribution in [0, 0.1) is 0 Å². The average molecular weight is 264 g/mol. The van der Waals surface area contributed by atoms with Crippen molar-refractivity contribution in [3.63, 3.8) is 0 Å². The summed E-state index contributed by atoms with van der Waals surface area (Å²) in [7, 11) is -3.68. The second-order valence-electron chi connectivity index (χ2n) is 3.79. The summed E-state index contributed by atoms with van der Waals surface area (Å²) in [5.41, 5.74) is 0. The highest BCUT2D eigenvalue weighted by Gasteiger charge is 2.36. The lowest BCUT2D eigenvalue weighted by atomic mass is 10.2. The van der Waals surface area contributed by atoms with Gasteiger partial charge in [0.15, 0.2) is 0 Å². The molecule has 1 atom stereocenters. The van der Waals surface area contributed by atoms with E-state index in [1.165, 1.54) is 0 Å². The summed E-state index contributed by atoms with van der Waals surface area (Å²) in [6.07, 6.45) is -0.0744. The zero-order valence-corrected chi connectivity index (χ0v) is 10.4. The van der Waals surface area contributed by atoms with Gasteiger partial charge in [0.2, 0.25) is 15.9 Å². The summed E-state index contributed by atoms with van der Waals surface area (Å²) in [6, 6.07) is -0.720. The minimum absolute atomic E-state index is 0.201. The number of carbonyl (C=O) groups is 2. The van der Waals surface area contributed by atoms with E-state index in [2.05, 4.69) is 5.32 Å². The molecule has 1 heterocycles. The molecule has 1 aliphatic rings. The van der Waals surface area contributed by atoms with Crippen molar-refractivity contribution in [2.45, 2.75) is 25.8 Å². The molecule has 0 saturated carbocycles. The van der Waals surface area contributed by atoms with Gasteiger partial charge in [0.05, 0.1) is 12.2 Å². The largest absolute Gasteiger partial charge is 0.481 e. The number of carboxylic acids is 1. The van der Waals surface area contributed by atoms with Crippen molar-refractivity contribution in [3.8, 4) is 0 Å². The lowest BCUT2D eigenvalue weighted by Crippen LogP contribution is -2.57. The van der Waals surface area contributed by atoms with Crippen LogP contribution in [-0.2, 0) is 19.6 Å². The number of aliphatic carboxylic acids is 1. The maximum absolute atomic E-state index is 11.9. The van der Waals surface area contributed by atoms with Crippen molar-refractivity contribution >= 4 is 21.9 Å². The molecule has 17 heavy (non-hydrogen) atoms. The number of rotatable bonds is 5. The molecule has 0 aromatic carbocycles. The van der Waals surface area contributed by atoms with Gasteiger partial charge >= 0.3 is 5.97 Å². The third-order valence-electron chi connectivity index (χ3n) is 2.60. The van der Waals surface area contributed by atoms with Gasteiger partial charge in [-0.3, -0.25) is 9.59 Å². The van der Waals surface area contributed by atoms with Crippen LogP contribution in [0.5, 0.6) is 0 Å². The van der Waals surface area contributed by atoms with E-state index < -0.39 is 34.2 Å². The maximum Gasteiger partial charge on any atom is 0.304 e. The Morgan fingerprint density at radius 3 is 2.76 bits per heavy atom. The van der Waals surface area contributed by atoms with Crippen molar-refractivity contribution in [1.82, 2.24) is 9.62 Å². The minimum atomic E-state index is -3.68. The van der Waals surface area contributed by atoms with Gasteiger partial charge in [0, 0.05) is 13.1 Å². The summed E-state index contributed by atoms with van der Waals surface area (Å²) >= 11 is 0. The van der Waals surface area contributed by atoms with Crippen LogP contribution < -0.4 is 5.32 Å². The number of nitrogens with zero attached hydrogens (tertiary/aromatic N) is 1. The van der Waals surface area contributed by atoms with Crippen LogP contribution in [0.2, 0.25) is 0 Å². The summed E-state index contributed by atoms with van der Waals surface area (Å²) in [6.45, 7) is 2.18. The summed E-state index contributed by atoms with van der Waals surface area (Å²) in [4.78, 5) is 21.9. The maximum atomic E-state index is 11.9. The van der Waals surface area contributed by atoms with Gasteiger partial charge < -0.3 is 10.4 Å². The van der Waals surface area contributed by atoms with E-state index in [0.29, 0.717) is 6.42 Å². The van der Waals surface area contributed by atoms with Crippen molar-refractivity contribution in [3.05, 3.63) is 0 Å². The first kappa shape index (κ1) is 13.9. The van der Waals surface area contributed by atoms with Crippen LogP contribution >= 0.6 is 0 Å². The quantitative estimate of drug-likeness (QED) is 0.663. The molecule has 0 aliphatic carbocycles. The van der Waals surface area contributed by atoms with Crippen molar-refractivity contribution in [2.75, 3.05) is 18.8 Å². The van der Waals surface area contributed by atoms with E-state index in [4.69, 9.17) is 5.11 Å². The van der Waals surface area contributed by atoms with E-state index in [1.807, 2.05) is 0 Å². The van der Waals surface area contributed by atoms with Gasteiger partial charge in [-0.15, -0.1) is 0 Å². The first-order valence-electron chi connectivity index (χ1n) is 5.37. The third kappa shape index (κ3) is 3.40. The number of hydrogen-bond donors (Lipinski definition) is 2. The van der Waals surface area contributed by atoms with Crippen LogP contribution in [0.1, 0.15) is 19.8 Å². The smallest absolute Gasteiger partial charge is 0.304 e. The number of carboxylic acid groups (broad SMARTS) is 1. The number of piperazine rings is 1. The van der Waals surface area contributed by atoms with Crippen LogP contribution in [0.4, 0.5) is 0 Å². The Hall–Kier alpha value is -1.15. The average Bonchev–Trinajstić information content (AvgIpc) is 2.26. The molecule has 1 amide bonds. The number of nitrogens with one attached hydrogen (secondary N) is 1. The van der Waals surface area contributed by atoms with Gasteiger partial charge in [-0.25, -0.2) is 8.42 Å². The van der Waals surface area contributed by atoms with E-state index in [0.717, 1.165) is 4.31 Å². The predicted molar refractivity (Wildman–Crippen MR) is 59.8 cm³/mol. The molecular weight excluding hydrogens is 248 g/mol. The Balaban J connectivity index is 2.81. The Bertz CT molecular complexity index is 406. The molecular formula is C9H16N2O5S. The van der Waals surface area contributed by atoms with Gasteiger partial charge in [0.25, 0.3) is 0 Å². The zero-order chi connectivity index (χ0) is 13.1. The Kier molecular flexibility index (Phi) is 4.47. The number of carbonyl (C=O) groups excluding carboxylic acids is 1. The van der Waals surface area contributed by atoms with Crippen molar-refractivity contribution in [1.29, 1.82) is 0 Å². The minimum Gasteiger partial charge on any atom is -0.481 e. The van der Waals surface area contributed by atoms with Gasteiger partial charge in [-0.1, -0.05) is 6.92 Å². The first-order chi connectivity index (χ1) is 7.88. The van der Waals surface area contributed by atoms with Crippen LogP contribution in [0.15, 0.2) is 0 Å². The summed E-state index contributed by atoms with van der Waals surface area (Å²) in [5.74, 6) is -1.95. The SMILES string of the molecule is CCC1C(=O)NCCN1S(=O)(=O)CCC(=O)O. The lowest BCUT2D eigenvalue weighted by Gasteiger charge is -2.33. The monoisotopic (exact) mass is 264 g/mol. The highest BCUT2D eigenvalue weighted by Crippen LogP contribution is 2.14. The molecule has 1 fully saturated rings. The molecule has 0 bridgehead atoms. The molecule has 1 rings (SSSR count). The number of hydrogen-bond acceptors (Lipinski definition) is 4. The zero-order valence-electron chi connectivity index (χ0n) is 9.55. The van der Waals surface area contributed by atoms with Crippen LogP contribution in [0.3, 0.4) is 0 Å². The standard InChI is InChI=1S/C9H16N2O5S/c1-2-7-9(14)10-4-5-11(7)17(15,16)6-3-8(12)13/h7H,2-6H2,1H3,(H,10,14)(H,12,13). The van der Waals surface area contributed by atoms with Gasteiger partial charge in [-0.05, 0) is 6.42 Å². The molecule has 0 radical (unpaired) electrons. The molecule has 1 unspecified atom stereocenters. The third-order valence-corrected chi connectivity index (χ3v) is 4.47.